The van der Waals surface area contributed by atoms with Gasteiger partial charge >= 0.3 is 0 Å². The third-order valence-electron chi connectivity index (χ3n) is 4.67. The summed E-state index contributed by atoms with van der Waals surface area (Å²) in [7, 11) is 0. The highest BCUT2D eigenvalue weighted by atomic mass is 79.9. The van der Waals surface area contributed by atoms with Gasteiger partial charge in [-0.2, -0.15) is 0 Å². The maximum absolute atomic E-state index is 4.64. The molecule has 2 fully saturated rings. The Labute approximate surface area is 145 Å². The van der Waals surface area contributed by atoms with Gasteiger partial charge in [0, 0.05) is 41.9 Å². The van der Waals surface area contributed by atoms with E-state index in [4.69, 9.17) is 0 Å². The van der Waals surface area contributed by atoms with Gasteiger partial charge in [-0.05, 0) is 55.5 Å². The van der Waals surface area contributed by atoms with E-state index >= 15 is 0 Å². The molecule has 0 amide bonds. The molecule has 1 N–H and O–H groups in total. The number of benzene rings is 1. The van der Waals surface area contributed by atoms with Crippen LogP contribution in [0.25, 0.3) is 0 Å². The van der Waals surface area contributed by atoms with E-state index in [0.717, 1.165) is 35.7 Å². The number of anilines is 2. The highest BCUT2D eigenvalue weighted by molar-refractivity contribution is 9.10. The zero-order valence-electron chi connectivity index (χ0n) is 13.1. The van der Waals surface area contributed by atoms with Crippen molar-refractivity contribution in [3.63, 3.8) is 0 Å². The highest BCUT2D eigenvalue weighted by Crippen LogP contribution is 2.38. The van der Waals surface area contributed by atoms with Crippen LogP contribution in [0.5, 0.6) is 0 Å². The van der Waals surface area contributed by atoms with Gasteiger partial charge in [-0.1, -0.05) is 15.9 Å². The number of halogens is 1. The molecule has 23 heavy (non-hydrogen) atoms. The molecule has 0 bridgehead atoms. The van der Waals surface area contributed by atoms with Gasteiger partial charge in [0.25, 0.3) is 0 Å². The van der Waals surface area contributed by atoms with Crippen LogP contribution in [0.4, 0.5) is 11.5 Å². The zero-order chi connectivity index (χ0) is 15.6. The lowest BCUT2D eigenvalue weighted by atomic mass is 10.1. The smallest absolute Gasteiger partial charge is 0.133 e. The maximum atomic E-state index is 4.64. The number of nitrogens with one attached hydrogen (secondary N) is 1. The van der Waals surface area contributed by atoms with Crippen LogP contribution < -0.4 is 10.2 Å². The molecule has 2 heterocycles. The fourth-order valence-electron chi connectivity index (χ4n) is 3.15. The second kappa shape index (κ2) is 6.48. The SMILES string of the molecule is Brc1ccc(N2CCC(CNc3ccnc(C4CC4)n3)C2)cc1. The summed E-state index contributed by atoms with van der Waals surface area (Å²) in [5.41, 5.74) is 1.31. The van der Waals surface area contributed by atoms with Crippen molar-refractivity contribution in [3.8, 4) is 0 Å². The van der Waals surface area contributed by atoms with Crippen molar-refractivity contribution in [3.05, 3.63) is 46.8 Å². The van der Waals surface area contributed by atoms with Crippen molar-refractivity contribution >= 4 is 27.4 Å². The van der Waals surface area contributed by atoms with E-state index in [1.807, 2.05) is 12.3 Å². The van der Waals surface area contributed by atoms with E-state index in [-0.39, 0.29) is 0 Å². The van der Waals surface area contributed by atoms with Crippen molar-refractivity contribution in [1.29, 1.82) is 0 Å². The first-order valence-electron chi connectivity index (χ1n) is 8.35. The quantitative estimate of drug-likeness (QED) is 0.859. The van der Waals surface area contributed by atoms with Crippen LogP contribution in [0, 0.1) is 5.92 Å². The molecule has 0 radical (unpaired) electrons. The van der Waals surface area contributed by atoms with Gasteiger partial charge in [0.15, 0.2) is 0 Å². The Morgan fingerprint density at radius 1 is 1.13 bits per heavy atom. The van der Waals surface area contributed by atoms with Gasteiger partial charge in [0.05, 0.1) is 0 Å². The van der Waals surface area contributed by atoms with Crippen LogP contribution >= 0.6 is 15.9 Å². The fraction of sp³-hybridized carbons (Fsp3) is 0.444. The second-order valence-electron chi connectivity index (χ2n) is 6.53. The number of nitrogens with zero attached hydrogens (tertiary/aromatic N) is 3. The van der Waals surface area contributed by atoms with Crippen molar-refractivity contribution in [2.24, 2.45) is 5.92 Å². The van der Waals surface area contributed by atoms with Gasteiger partial charge in [0.1, 0.15) is 11.6 Å². The maximum Gasteiger partial charge on any atom is 0.133 e. The van der Waals surface area contributed by atoms with E-state index in [9.17, 15) is 0 Å². The van der Waals surface area contributed by atoms with Crippen LogP contribution in [0.15, 0.2) is 41.0 Å². The monoisotopic (exact) mass is 372 g/mol. The Balaban J connectivity index is 1.32. The van der Waals surface area contributed by atoms with Crippen LogP contribution in [0.3, 0.4) is 0 Å². The Hall–Kier alpha value is -1.62. The van der Waals surface area contributed by atoms with Crippen LogP contribution in [-0.4, -0.2) is 29.6 Å². The molecule has 2 aliphatic rings. The summed E-state index contributed by atoms with van der Waals surface area (Å²) in [5.74, 6) is 3.26. The van der Waals surface area contributed by atoms with E-state index in [0.29, 0.717) is 11.8 Å². The molecule has 1 aromatic heterocycles. The summed E-state index contributed by atoms with van der Waals surface area (Å²) in [5, 5.41) is 3.51. The second-order valence-corrected chi connectivity index (χ2v) is 7.45. The molecule has 1 saturated heterocycles. The first-order chi connectivity index (χ1) is 11.3. The summed E-state index contributed by atoms with van der Waals surface area (Å²) >= 11 is 3.50. The molecule has 1 aromatic carbocycles. The van der Waals surface area contributed by atoms with E-state index in [1.165, 1.54) is 24.9 Å². The van der Waals surface area contributed by atoms with Crippen LogP contribution in [0.2, 0.25) is 0 Å². The Bertz CT molecular complexity index is 669. The number of aromatic nitrogens is 2. The number of hydrogen-bond acceptors (Lipinski definition) is 4. The lowest BCUT2D eigenvalue weighted by molar-refractivity contribution is 0.621. The molecule has 120 valence electrons. The summed E-state index contributed by atoms with van der Waals surface area (Å²) in [6, 6.07) is 10.6. The molecule has 2 aromatic rings. The van der Waals surface area contributed by atoms with Gasteiger partial charge in [0.2, 0.25) is 0 Å². The van der Waals surface area contributed by atoms with Crippen molar-refractivity contribution in [2.75, 3.05) is 29.9 Å². The van der Waals surface area contributed by atoms with Crippen molar-refractivity contribution in [2.45, 2.75) is 25.2 Å². The summed E-state index contributed by atoms with van der Waals surface area (Å²) in [6.45, 7) is 3.22. The first kappa shape index (κ1) is 14.9. The van der Waals surface area contributed by atoms with Crippen molar-refractivity contribution in [1.82, 2.24) is 9.97 Å². The standard InChI is InChI=1S/C18H21BrN4/c19-15-3-5-16(6-4-15)23-10-8-13(12-23)11-21-17-7-9-20-18(22-17)14-1-2-14/h3-7,9,13-14H,1-2,8,10-12H2,(H,20,21,22). The Kier molecular flexibility index (Phi) is 4.21. The topological polar surface area (TPSA) is 41.0 Å². The minimum absolute atomic E-state index is 0.608. The lowest BCUT2D eigenvalue weighted by Gasteiger charge is -2.19. The zero-order valence-corrected chi connectivity index (χ0v) is 14.7. The van der Waals surface area contributed by atoms with Gasteiger partial charge < -0.3 is 10.2 Å². The van der Waals surface area contributed by atoms with E-state index < -0.39 is 0 Å². The molecule has 4 rings (SSSR count). The van der Waals surface area contributed by atoms with Crippen LogP contribution in [0.1, 0.15) is 31.0 Å². The predicted octanol–water partition coefficient (Wildman–Crippen LogP) is 4.05. The van der Waals surface area contributed by atoms with Gasteiger partial charge in [-0.3, -0.25) is 0 Å². The molecular formula is C18H21BrN4. The van der Waals surface area contributed by atoms with E-state index in [2.05, 4.69) is 60.4 Å². The molecule has 1 aliphatic heterocycles. The van der Waals surface area contributed by atoms with Gasteiger partial charge in [-0.15, -0.1) is 0 Å². The van der Waals surface area contributed by atoms with E-state index in [1.54, 1.807) is 0 Å². The summed E-state index contributed by atoms with van der Waals surface area (Å²) in [4.78, 5) is 11.5. The molecule has 0 spiro atoms. The molecule has 1 aliphatic carbocycles. The number of rotatable bonds is 5. The molecule has 1 unspecified atom stereocenters. The lowest BCUT2D eigenvalue weighted by Crippen LogP contribution is -2.22. The summed E-state index contributed by atoms with van der Waals surface area (Å²) in [6.07, 6.45) is 5.60. The molecular weight excluding hydrogens is 352 g/mol. The molecule has 1 saturated carbocycles. The minimum atomic E-state index is 0.608. The fourth-order valence-corrected chi connectivity index (χ4v) is 3.41. The molecule has 5 heteroatoms. The third-order valence-corrected chi connectivity index (χ3v) is 5.19. The summed E-state index contributed by atoms with van der Waals surface area (Å²) < 4.78 is 1.13. The predicted molar refractivity (Wildman–Crippen MR) is 97.0 cm³/mol. The average Bonchev–Trinajstić information content (AvgIpc) is 3.33. The average molecular weight is 373 g/mol. The molecule has 4 nitrogen and oxygen atoms in total. The minimum Gasteiger partial charge on any atom is -0.371 e. The Morgan fingerprint density at radius 2 is 1.96 bits per heavy atom. The van der Waals surface area contributed by atoms with Crippen molar-refractivity contribution < 1.29 is 0 Å². The van der Waals surface area contributed by atoms with Crippen LogP contribution in [-0.2, 0) is 0 Å². The highest BCUT2D eigenvalue weighted by Gasteiger charge is 2.27. The molecule has 1 atom stereocenters. The first-order valence-corrected chi connectivity index (χ1v) is 9.14. The van der Waals surface area contributed by atoms with Gasteiger partial charge in [-0.25, -0.2) is 9.97 Å². The normalized spacial score (nSPS) is 20.7. The number of hydrogen-bond donors (Lipinski definition) is 1. The Morgan fingerprint density at radius 3 is 2.74 bits per heavy atom. The third kappa shape index (κ3) is 3.66. The largest absolute Gasteiger partial charge is 0.371 e.